The van der Waals surface area contributed by atoms with Gasteiger partial charge in [-0.25, -0.2) is 0 Å². The number of benzene rings is 1. The lowest BCUT2D eigenvalue weighted by atomic mass is 10.1. The van der Waals surface area contributed by atoms with Crippen LogP contribution >= 0.6 is 0 Å². The number of nitrogens with two attached hydrogens (primary N) is 1. The Kier molecular flexibility index (Phi) is 5.79. The summed E-state index contributed by atoms with van der Waals surface area (Å²) in [5.74, 6) is -0.0226. The van der Waals surface area contributed by atoms with E-state index in [1.165, 1.54) is 0 Å². The number of ether oxygens (including phenoxy) is 1. The number of methoxy groups -OCH3 is 1. The van der Waals surface area contributed by atoms with Crippen LogP contribution in [0.25, 0.3) is 0 Å². The predicted molar refractivity (Wildman–Crippen MR) is 75.3 cm³/mol. The quantitative estimate of drug-likeness (QED) is 0.816. The van der Waals surface area contributed by atoms with Gasteiger partial charge >= 0.3 is 0 Å². The molecule has 0 heterocycles. The average molecular weight is 266 g/mol. The first-order valence-corrected chi connectivity index (χ1v) is 6.36. The van der Waals surface area contributed by atoms with Gasteiger partial charge in [-0.1, -0.05) is 6.07 Å². The lowest BCUT2D eigenvalue weighted by molar-refractivity contribution is -0.120. The van der Waals surface area contributed by atoms with E-state index in [1.54, 1.807) is 30.2 Å². The predicted octanol–water partition coefficient (Wildman–Crippen LogP) is 1.42. The zero-order valence-electron chi connectivity index (χ0n) is 11.7. The molecule has 3 N–H and O–H groups in total. The van der Waals surface area contributed by atoms with E-state index in [0.717, 1.165) is 5.56 Å². The maximum atomic E-state index is 12.3. The number of phenols is 1. The summed E-state index contributed by atoms with van der Waals surface area (Å²) in [4.78, 5) is 13.9. The average Bonchev–Trinajstić information content (AvgIpc) is 2.40. The minimum Gasteiger partial charge on any atom is -0.508 e. The van der Waals surface area contributed by atoms with Crippen LogP contribution in [0.3, 0.4) is 0 Å². The highest BCUT2D eigenvalue weighted by molar-refractivity contribution is 5.97. The van der Waals surface area contributed by atoms with Crippen molar-refractivity contribution in [3.63, 3.8) is 0 Å². The molecule has 0 bridgehead atoms. The molecule has 19 heavy (non-hydrogen) atoms. The Balaban J connectivity index is 2.93. The van der Waals surface area contributed by atoms with Crippen molar-refractivity contribution in [3.8, 4) is 5.75 Å². The zero-order chi connectivity index (χ0) is 14.4. The number of anilines is 1. The van der Waals surface area contributed by atoms with Gasteiger partial charge in [-0.05, 0) is 31.9 Å². The summed E-state index contributed by atoms with van der Waals surface area (Å²) in [7, 11) is 1.58. The Morgan fingerprint density at radius 3 is 2.79 bits per heavy atom. The molecule has 0 fully saturated rings. The first kappa shape index (κ1) is 15.5. The molecule has 1 rings (SSSR count). The van der Waals surface area contributed by atoms with Gasteiger partial charge in [-0.3, -0.25) is 4.79 Å². The van der Waals surface area contributed by atoms with Crippen molar-refractivity contribution in [1.29, 1.82) is 0 Å². The largest absolute Gasteiger partial charge is 0.508 e. The molecule has 1 atom stereocenters. The molecule has 0 saturated carbocycles. The van der Waals surface area contributed by atoms with E-state index in [9.17, 15) is 9.90 Å². The Morgan fingerprint density at radius 1 is 1.53 bits per heavy atom. The van der Waals surface area contributed by atoms with Crippen molar-refractivity contribution in [2.45, 2.75) is 26.3 Å². The summed E-state index contributed by atoms with van der Waals surface area (Å²) in [5, 5.41) is 9.55. The minimum atomic E-state index is -0.596. The van der Waals surface area contributed by atoms with Crippen LogP contribution in [0, 0.1) is 6.92 Å². The van der Waals surface area contributed by atoms with E-state index in [2.05, 4.69) is 0 Å². The van der Waals surface area contributed by atoms with E-state index in [0.29, 0.717) is 25.3 Å². The summed E-state index contributed by atoms with van der Waals surface area (Å²) in [6, 6.07) is 4.37. The van der Waals surface area contributed by atoms with Crippen LogP contribution in [0.4, 0.5) is 5.69 Å². The fourth-order valence-corrected chi connectivity index (χ4v) is 1.90. The topological polar surface area (TPSA) is 75.8 Å². The number of amides is 1. The second kappa shape index (κ2) is 7.11. The maximum Gasteiger partial charge on any atom is 0.243 e. The van der Waals surface area contributed by atoms with Gasteiger partial charge in [-0.2, -0.15) is 0 Å². The number of phenolic OH excluding ortho intramolecular Hbond substituents is 1. The molecule has 106 valence electrons. The number of hydrogen-bond donors (Lipinski definition) is 2. The van der Waals surface area contributed by atoms with Crippen molar-refractivity contribution < 1.29 is 14.6 Å². The van der Waals surface area contributed by atoms with Gasteiger partial charge < -0.3 is 20.5 Å². The summed E-state index contributed by atoms with van der Waals surface area (Å²) < 4.78 is 4.93. The molecule has 0 saturated heterocycles. The zero-order valence-corrected chi connectivity index (χ0v) is 11.7. The SMILES string of the molecule is CCN(C(=O)C(N)CCOC)c1cc(O)ccc1C. The Hall–Kier alpha value is -1.59. The van der Waals surface area contributed by atoms with Crippen LogP contribution < -0.4 is 10.6 Å². The van der Waals surface area contributed by atoms with Gasteiger partial charge in [0.2, 0.25) is 5.91 Å². The lowest BCUT2D eigenvalue weighted by Crippen LogP contribution is -2.44. The third kappa shape index (κ3) is 3.94. The number of aromatic hydroxyl groups is 1. The summed E-state index contributed by atoms with van der Waals surface area (Å²) in [6.45, 7) is 4.73. The number of nitrogens with zero attached hydrogens (tertiary/aromatic N) is 1. The van der Waals surface area contributed by atoms with E-state index < -0.39 is 6.04 Å². The molecular weight excluding hydrogens is 244 g/mol. The third-order valence-electron chi connectivity index (χ3n) is 3.02. The van der Waals surface area contributed by atoms with Crippen molar-refractivity contribution in [3.05, 3.63) is 23.8 Å². The number of likely N-dealkylation sites (N-methyl/N-ethyl adjacent to an activating group) is 1. The van der Waals surface area contributed by atoms with Crippen LogP contribution in [0.2, 0.25) is 0 Å². The maximum absolute atomic E-state index is 12.3. The van der Waals surface area contributed by atoms with Gasteiger partial charge in [0.05, 0.1) is 11.7 Å². The highest BCUT2D eigenvalue weighted by atomic mass is 16.5. The molecule has 1 aromatic carbocycles. The van der Waals surface area contributed by atoms with E-state index in [1.807, 2.05) is 13.8 Å². The fourth-order valence-electron chi connectivity index (χ4n) is 1.90. The van der Waals surface area contributed by atoms with Crippen molar-refractivity contribution in [2.75, 3.05) is 25.2 Å². The van der Waals surface area contributed by atoms with Crippen molar-refractivity contribution >= 4 is 11.6 Å². The molecule has 0 aromatic heterocycles. The number of carbonyl (C=O) groups excluding carboxylic acids is 1. The number of aryl methyl sites for hydroxylation is 1. The molecule has 1 aromatic rings. The molecule has 0 aliphatic rings. The molecule has 1 amide bonds. The number of rotatable bonds is 6. The van der Waals surface area contributed by atoms with E-state index >= 15 is 0 Å². The first-order valence-electron chi connectivity index (χ1n) is 6.36. The summed E-state index contributed by atoms with van der Waals surface area (Å²) >= 11 is 0. The van der Waals surface area contributed by atoms with Gasteiger partial charge in [-0.15, -0.1) is 0 Å². The number of carbonyl (C=O) groups is 1. The van der Waals surface area contributed by atoms with Crippen molar-refractivity contribution in [2.24, 2.45) is 5.73 Å². The van der Waals surface area contributed by atoms with E-state index in [4.69, 9.17) is 10.5 Å². The molecule has 0 spiro atoms. The third-order valence-corrected chi connectivity index (χ3v) is 3.02. The molecule has 1 unspecified atom stereocenters. The van der Waals surface area contributed by atoms with Crippen LogP contribution in [0.1, 0.15) is 18.9 Å². The van der Waals surface area contributed by atoms with Crippen LogP contribution in [-0.2, 0) is 9.53 Å². The normalized spacial score (nSPS) is 12.2. The Labute approximate surface area is 114 Å². The highest BCUT2D eigenvalue weighted by Crippen LogP contribution is 2.25. The second-order valence-corrected chi connectivity index (χ2v) is 4.44. The highest BCUT2D eigenvalue weighted by Gasteiger charge is 2.22. The molecular formula is C14H22N2O3. The molecule has 0 aliphatic heterocycles. The van der Waals surface area contributed by atoms with Crippen LogP contribution in [0.15, 0.2) is 18.2 Å². The van der Waals surface area contributed by atoms with Gasteiger partial charge in [0.1, 0.15) is 5.75 Å². The van der Waals surface area contributed by atoms with E-state index in [-0.39, 0.29) is 11.7 Å². The standard InChI is InChI=1S/C14H22N2O3/c1-4-16(14(18)12(15)7-8-19-3)13-9-11(17)6-5-10(13)2/h5-6,9,12,17H,4,7-8,15H2,1-3H3. The number of hydrogen-bond acceptors (Lipinski definition) is 4. The monoisotopic (exact) mass is 266 g/mol. The van der Waals surface area contributed by atoms with Gasteiger partial charge in [0.15, 0.2) is 0 Å². The van der Waals surface area contributed by atoms with Gasteiger partial charge in [0, 0.05) is 26.3 Å². The molecule has 0 radical (unpaired) electrons. The van der Waals surface area contributed by atoms with Crippen LogP contribution in [0.5, 0.6) is 5.75 Å². The molecule has 5 nitrogen and oxygen atoms in total. The second-order valence-electron chi connectivity index (χ2n) is 4.44. The van der Waals surface area contributed by atoms with Crippen LogP contribution in [-0.4, -0.2) is 37.3 Å². The van der Waals surface area contributed by atoms with Gasteiger partial charge in [0.25, 0.3) is 0 Å². The Morgan fingerprint density at radius 2 is 2.21 bits per heavy atom. The molecule has 5 heteroatoms. The Bertz CT molecular complexity index is 435. The van der Waals surface area contributed by atoms with Crippen molar-refractivity contribution in [1.82, 2.24) is 0 Å². The first-order chi connectivity index (χ1) is 9.01. The molecule has 0 aliphatic carbocycles. The fraction of sp³-hybridized carbons (Fsp3) is 0.500. The minimum absolute atomic E-state index is 0.136. The lowest BCUT2D eigenvalue weighted by Gasteiger charge is -2.26. The summed E-state index contributed by atoms with van der Waals surface area (Å²) in [6.07, 6.45) is 0.476. The smallest absolute Gasteiger partial charge is 0.243 e. The summed E-state index contributed by atoms with van der Waals surface area (Å²) in [5.41, 5.74) is 7.49.